The molecule has 3 aromatic carbocycles. The van der Waals surface area contributed by atoms with Gasteiger partial charge in [-0.3, -0.25) is 0 Å². The molecule has 0 aliphatic rings. The van der Waals surface area contributed by atoms with Crippen LogP contribution in [0.4, 0.5) is 8.78 Å². The van der Waals surface area contributed by atoms with E-state index in [1.807, 2.05) is 0 Å². The largest absolute Gasteiger partial charge is 0.462 e. The summed E-state index contributed by atoms with van der Waals surface area (Å²) in [4.78, 5) is 24.8. The van der Waals surface area contributed by atoms with E-state index in [9.17, 15) is 23.5 Å². The van der Waals surface area contributed by atoms with Gasteiger partial charge in [-0.25, -0.2) is 13.6 Å². The van der Waals surface area contributed by atoms with Gasteiger partial charge < -0.3 is 14.6 Å². The summed E-state index contributed by atoms with van der Waals surface area (Å²) >= 11 is 3.29. The molecule has 0 aromatic heterocycles. The smallest absolute Gasteiger partial charge is 0.347 e. The third kappa shape index (κ3) is 5.11. The average Bonchev–Trinajstić information content (AvgIpc) is 2.80. The minimum absolute atomic E-state index is 0.0636. The fourth-order valence-electron chi connectivity index (χ4n) is 3.48. The lowest BCUT2D eigenvalue weighted by atomic mass is 9.83. The van der Waals surface area contributed by atoms with Crippen LogP contribution in [0, 0.1) is 11.6 Å². The van der Waals surface area contributed by atoms with Crippen molar-refractivity contribution in [1.82, 2.24) is 0 Å². The summed E-state index contributed by atoms with van der Waals surface area (Å²) in [5.74, 6) is -2.85. The SMILES string of the molecule is O=CC(COC(=O)C(O)(c1ccc(F)cc1)c1ccc(F)cc1CCBr)c1ccccc1. The summed E-state index contributed by atoms with van der Waals surface area (Å²) in [7, 11) is 0. The van der Waals surface area contributed by atoms with Crippen molar-refractivity contribution < 1.29 is 28.2 Å². The number of halogens is 3. The summed E-state index contributed by atoms with van der Waals surface area (Å²) in [5, 5.41) is 12.1. The number of ether oxygens (including phenoxy) is 1. The standard InChI is InChI=1S/C25H21BrF2O4/c26-13-12-18-14-22(28)10-11-23(18)25(31,20-6-8-21(27)9-7-20)24(30)32-16-19(15-29)17-4-2-1-3-5-17/h1-11,14-15,19,31H,12-13,16H2. The van der Waals surface area contributed by atoms with Crippen LogP contribution >= 0.6 is 15.9 Å². The van der Waals surface area contributed by atoms with E-state index in [0.717, 1.165) is 18.2 Å². The molecule has 0 aliphatic heterocycles. The number of hydrogen-bond acceptors (Lipinski definition) is 4. The molecular weight excluding hydrogens is 482 g/mol. The van der Waals surface area contributed by atoms with E-state index >= 15 is 0 Å². The molecule has 0 bridgehead atoms. The zero-order valence-corrected chi connectivity index (χ0v) is 18.6. The van der Waals surface area contributed by atoms with Crippen LogP contribution in [0.1, 0.15) is 28.2 Å². The summed E-state index contributed by atoms with van der Waals surface area (Å²) in [6.07, 6.45) is 0.985. The van der Waals surface area contributed by atoms with Crippen molar-refractivity contribution in [2.75, 3.05) is 11.9 Å². The van der Waals surface area contributed by atoms with Gasteiger partial charge in [-0.15, -0.1) is 0 Å². The first-order valence-corrected chi connectivity index (χ1v) is 11.0. The Labute approximate surface area is 193 Å². The van der Waals surface area contributed by atoms with Crippen molar-refractivity contribution in [3.63, 3.8) is 0 Å². The Morgan fingerprint density at radius 3 is 2.31 bits per heavy atom. The lowest BCUT2D eigenvalue weighted by Crippen LogP contribution is -2.40. The quantitative estimate of drug-likeness (QED) is 0.262. The predicted octanol–water partition coefficient (Wildman–Crippen LogP) is 4.66. The van der Waals surface area contributed by atoms with Crippen LogP contribution in [0.25, 0.3) is 0 Å². The van der Waals surface area contributed by atoms with Crippen molar-refractivity contribution in [2.24, 2.45) is 0 Å². The van der Waals surface area contributed by atoms with Crippen LogP contribution in [0.2, 0.25) is 0 Å². The molecule has 166 valence electrons. The highest BCUT2D eigenvalue weighted by Crippen LogP contribution is 2.35. The van der Waals surface area contributed by atoms with Crippen LogP contribution in [-0.2, 0) is 26.3 Å². The van der Waals surface area contributed by atoms with Gasteiger partial charge in [0.25, 0.3) is 0 Å². The van der Waals surface area contributed by atoms with E-state index in [1.54, 1.807) is 30.3 Å². The zero-order chi connectivity index (χ0) is 23.1. The molecule has 0 fully saturated rings. The van der Waals surface area contributed by atoms with Gasteiger partial charge in [0, 0.05) is 10.9 Å². The third-order valence-electron chi connectivity index (χ3n) is 5.16. The van der Waals surface area contributed by atoms with Crippen molar-refractivity contribution in [3.05, 3.63) is 107 Å². The molecule has 0 heterocycles. The fraction of sp³-hybridized carbons (Fsp3) is 0.200. The number of hydrogen-bond donors (Lipinski definition) is 1. The number of aldehydes is 1. The maximum Gasteiger partial charge on any atom is 0.347 e. The van der Waals surface area contributed by atoms with E-state index in [2.05, 4.69) is 15.9 Å². The second-order valence-electron chi connectivity index (χ2n) is 7.21. The predicted molar refractivity (Wildman–Crippen MR) is 120 cm³/mol. The molecule has 4 nitrogen and oxygen atoms in total. The maximum absolute atomic E-state index is 13.9. The minimum atomic E-state index is -2.33. The van der Waals surface area contributed by atoms with Gasteiger partial charge in [0.15, 0.2) is 0 Å². The summed E-state index contributed by atoms with van der Waals surface area (Å²) in [6.45, 7) is -0.301. The van der Waals surface area contributed by atoms with Gasteiger partial charge in [0.05, 0.1) is 5.92 Å². The van der Waals surface area contributed by atoms with Gasteiger partial charge in [-0.1, -0.05) is 64.5 Å². The van der Waals surface area contributed by atoms with E-state index in [-0.39, 0.29) is 17.7 Å². The summed E-state index contributed by atoms with van der Waals surface area (Å²) in [6, 6.07) is 17.2. The van der Waals surface area contributed by atoms with E-state index in [4.69, 9.17) is 4.74 Å². The van der Waals surface area contributed by atoms with Gasteiger partial charge in [0.1, 0.15) is 24.5 Å². The van der Waals surface area contributed by atoms with E-state index in [0.29, 0.717) is 29.2 Å². The van der Waals surface area contributed by atoms with Gasteiger partial charge in [-0.2, -0.15) is 0 Å². The van der Waals surface area contributed by atoms with Crippen LogP contribution in [0.5, 0.6) is 0 Å². The lowest BCUT2D eigenvalue weighted by molar-refractivity contribution is -0.162. The molecule has 1 N–H and O–H groups in total. The summed E-state index contributed by atoms with van der Waals surface area (Å²) < 4.78 is 32.8. The summed E-state index contributed by atoms with van der Waals surface area (Å²) in [5.41, 5.74) is -1.10. The fourth-order valence-corrected chi connectivity index (χ4v) is 3.91. The first kappa shape index (κ1) is 23.8. The van der Waals surface area contributed by atoms with Crippen molar-refractivity contribution in [2.45, 2.75) is 17.9 Å². The Morgan fingerprint density at radius 2 is 1.69 bits per heavy atom. The first-order chi connectivity index (χ1) is 15.4. The van der Waals surface area contributed by atoms with Gasteiger partial charge >= 0.3 is 5.97 Å². The Hall–Kier alpha value is -2.90. The second kappa shape index (κ2) is 10.6. The van der Waals surface area contributed by atoms with Crippen LogP contribution < -0.4 is 0 Å². The highest BCUT2D eigenvalue weighted by atomic mass is 79.9. The highest BCUT2D eigenvalue weighted by molar-refractivity contribution is 9.09. The molecule has 0 saturated carbocycles. The van der Waals surface area contributed by atoms with Crippen molar-refractivity contribution >= 4 is 28.2 Å². The Kier molecular flexibility index (Phi) is 7.88. The molecule has 0 saturated heterocycles. The molecule has 0 amide bonds. The maximum atomic E-state index is 13.9. The minimum Gasteiger partial charge on any atom is -0.462 e. The zero-order valence-electron chi connectivity index (χ0n) is 17.0. The molecule has 3 aromatic rings. The van der Waals surface area contributed by atoms with Crippen LogP contribution in [-0.4, -0.2) is 29.3 Å². The first-order valence-electron chi connectivity index (χ1n) is 9.91. The number of benzene rings is 3. The molecule has 2 atom stereocenters. The Morgan fingerprint density at radius 1 is 1.03 bits per heavy atom. The monoisotopic (exact) mass is 502 g/mol. The number of esters is 1. The van der Waals surface area contributed by atoms with Crippen molar-refractivity contribution in [1.29, 1.82) is 0 Å². The second-order valence-corrected chi connectivity index (χ2v) is 8.00. The molecule has 7 heteroatoms. The molecular formula is C25H21BrF2O4. The number of carbonyl (C=O) groups excluding carboxylic acids is 2. The topological polar surface area (TPSA) is 63.6 Å². The molecule has 0 spiro atoms. The normalized spacial score (nSPS) is 13.8. The average molecular weight is 503 g/mol. The molecule has 0 radical (unpaired) electrons. The number of aryl methyl sites for hydroxylation is 1. The number of rotatable bonds is 9. The molecule has 3 rings (SSSR count). The third-order valence-corrected chi connectivity index (χ3v) is 5.56. The Balaban J connectivity index is 2.01. The van der Waals surface area contributed by atoms with Crippen LogP contribution in [0.3, 0.4) is 0 Å². The number of alkyl halides is 1. The Bertz CT molecular complexity index is 1070. The molecule has 2 unspecified atom stereocenters. The lowest BCUT2D eigenvalue weighted by Gasteiger charge is -2.29. The highest BCUT2D eigenvalue weighted by Gasteiger charge is 2.43. The molecule has 0 aliphatic carbocycles. The van der Waals surface area contributed by atoms with Crippen LogP contribution in [0.15, 0.2) is 72.8 Å². The van der Waals surface area contributed by atoms with Gasteiger partial charge in [-0.05, 0) is 47.4 Å². The van der Waals surface area contributed by atoms with E-state index in [1.165, 1.54) is 24.3 Å². The molecule has 32 heavy (non-hydrogen) atoms. The van der Waals surface area contributed by atoms with Crippen molar-refractivity contribution in [3.8, 4) is 0 Å². The van der Waals surface area contributed by atoms with E-state index < -0.39 is 29.1 Å². The number of aliphatic hydroxyl groups is 1. The van der Waals surface area contributed by atoms with Gasteiger partial charge in [0.2, 0.25) is 5.60 Å². The number of carbonyl (C=O) groups is 2.